The average Bonchev–Trinajstić information content (AvgIpc) is 2.29. The maximum atomic E-state index is 12.7. The van der Waals surface area contributed by atoms with Gasteiger partial charge >= 0.3 is 6.18 Å². The second-order valence-electron chi connectivity index (χ2n) is 3.22. The molecule has 0 N–H and O–H groups in total. The van der Waals surface area contributed by atoms with Crippen molar-refractivity contribution in [1.82, 2.24) is 0 Å². The molecule has 0 fully saturated rings. The SMILES string of the molecule is N#CC(C#N)c1ccc([N+](=O)[O-])cc1C(F)(F)F. The van der Waals surface area contributed by atoms with Gasteiger partial charge in [-0.1, -0.05) is 0 Å². The summed E-state index contributed by atoms with van der Waals surface area (Å²) in [4.78, 5) is 9.43. The molecule has 0 heterocycles. The lowest BCUT2D eigenvalue weighted by molar-refractivity contribution is -0.385. The van der Waals surface area contributed by atoms with Crippen molar-refractivity contribution in [3.63, 3.8) is 0 Å². The van der Waals surface area contributed by atoms with Crippen molar-refractivity contribution in [2.45, 2.75) is 12.1 Å². The Morgan fingerprint density at radius 3 is 2.22 bits per heavy atom. The van der Waals surface area contributed by atoms with E-state index >= 15 is 0 Å². The first-order valence-electron chi connectivity index (χ1n) is 4.46. The molecule has 1 aromatic carbocycles. The molecule has 0 aliphatic carbocycles. The predicted octanol–water partition coefficient (Wildman–Crippen LogP) is 2.74. The fraction of sp³-hybridized carbons (Fsp3) is 0.200. The maximum absolute atomic E-state index is 12.7. The van der Waals surface area contributed by atoms with Crippen molar-refractivity contribution in [3.05, 3.63) is 39.4 Å². The third-order valence-corrected chi connectivity index (χ3v) is 2.12. The van der Waals surface area contributed by atoms with Gasteiger partial charge in [-0.3, -0.25) is 10.1 Å². The Morgan fingerprint density at radius 1 is 1.28 bits per heavy atom. The Balaban J connectivity index is 3.51. The molecule has 0 aromatic heterocycles. The van der Waals surface area contributed by atoms with Crippen LogP contribution in [0.15, 0.2) is 18.2 Å². The minimum absolute atomic E-state index is 0.316. The van der Waals surface area contributed by atoms with Gasteiger partial charge in [0.05, 0.1) is 22.6 Å². The molecule has 0 spiro atoms. The topological polar surface area (TPSA) is 90.7 Å². The highest BCUT2D eigenvalue weighted by Gasteiger charge is 2.37. The van der Waals surface area contributed by atoms with Crippen LogP contribution in [-0.2, 0) is 6.18 Å². The monoisotopic (exact) mass is 255 g/mol. The quantitative estimate of drug-likeness (QED) is 0.600. The molecule has 8 heteroatoms. The average molecular weight is 255 g/mol. The Morgan fingerprint density at radius 2 is 1.83 bits per heavy atom. The number of nitro benzene ring substituents is 1. The van der Waals surface area contributed by atoms with E-state index in [2.05, 4.69) is 0 Å². The van der Waals surface area contributed by atoms with Crippen LogP contribution in [0.1, 0.15) is 17.0 Å². The number of alkyl halides is 3. The summed E-state index contributed by atoms with van der Waals surface area (Å²) in [5, 5.41) is 27.6. The Labute approximate surface area is 98.8 Å². The van der Waals surface area contributed by atoms with Crippen LogP contribution in [0, 0.1) is 32.8 Å². The molecule has 0 saturated carbocycles. The molecule has 0 amide bonds. The van der Waals surface area contributed by atoms with Gasteiger partial charge in [0.1, 0.15) is 0 Å². The van der Waals surface area contributed by atoms with Crippen molar-refractivity contribution in [1.29, 1.82) is 10.5 Å². The smallest absolute Gasteiger partial charge is 0.258 e. The number of hydrogen-bond acceptors (Lipinski definition) is 4. The highest BCUT2D eigenvalue weighted by atomic mass is 19.4. The van der Waals surface area contributed by atoms with Crippen LogP contribution in [0.2, 0.25) is 0 Å². The largest absolute Gasteiger partial charge is 0.417 e. The summed E-state index contributed by atoms with van der Waals surface area (Å²) in [5.74, 6) is -1.62. The second-order valence-corrected chi connectivity index (χ2v) is 3.22. The Kier molecular flexibility index (Phi) is 3.53. The summed E-state index contributed by atoms with van der Waals surface area (Å²) in [7, 11) is 0. The molecule has 0 radical (unpaired) electrons. The highest BCUT2D eigenvalue weighted by molar-refractivity contribution is 5.46. The molecular formula is C10H4F3N3O2. The molecule has 18 heavy (non-hydrogen) atoms. The fourth-order valence-corrected chi connectivity index (χ4v) is 1.32. The lowest BCUT2D eigenvalue weighted by atomic mass is 9.95. The number of nitro groups is 1. The summed E-state index contributed by atoms with van der Waals surface area (Å²) in [6.45, 7) is 0. The normalized spacial score (nSPS) is 10.8. The van der Waals surface area contributed by atoms with Crippen molar-refractivity contribution in [3.8, 4) is 12.1 Å². The second kappa shape index (κ2) is 4.72. The van der Waals surface area contributed by atoms with Gasteiger partial charge in [-0.05, 0) is 11.6 Å². The first-order chi connectivity index (χ1) is 8.31. The van der Waals surface area contributed by atoms with Gasteiger partial charge < -0.3 is 0 Å². The van der Waals surface area contributed by atoms with Crippen LogP contribution in [0.3, 0.4) is 0 Å². The summed E-state index contributed by atoms with van der Waals surface area (Å²) in [6.07, 6.45) is -4.87. The number of hydrogen-bond donors (Lipinski definition) is 0. The van der Waals surface area contributed by atoms with Crippen molar-refractivity contribution in [2.24, 2.45) is 0 Å². The summed E-state index contributed by atoms with van der Waals surface area (Å²) >= 11 is 0. The maximum Gasteiger partial charge on any atom is 0.417 e. The fourth-order valence-electron chi connectivity index (χ4n) is 1.32. The molecule has 0 unspecified atom stereocenters. The number of benzene rings is 1. The summed E-state index contributed by atoms with van der Waals surface area (Å²) in [6, 6.07) is 4.71. The summed E-state index contributed by atoms with van der Waals surface area (Å²) < 4.78 is 38.1. The molecular weight excluding hydrogens is 251 g/mol. The van der Waals surface area contributed by atoms with Crippen LogP contribution in [0.4, 0.5) is 18.9 Å². The molecule has 1 rings (SSSR count). The van der Waals surface area contributed by atoms with E-state index in [-0.39, 0.29) is 0 Å². The van der Waals surface area contributed by atoms with E-state index in [9.17, 15) is 23.3 Å². The van der Waals surface area contributed by atoms with E-state index in [4.69, 9.17) is 10.5 Å². The first-order valence-corrected chi connectivity index (χ1v) is 4.46. The van der Waals surface area contributed by atoms with E-state index in [0.717, 1.165) is 12.1 Å². The van der Waals surface area contributed by atoms with Crippen LogP contribution in [0.5, 0.6) is 0 Å². The standard InChI is InChI=1S/C10H4F3N3O2/c11-10(12,13)9-3-7(16(17)18)1-2-8(9)6(4-14)5-15/h1-3,6H. The third-order valence-electron chi connectivity index (χ3n) is 2.12. The minimum Gasteiger partial charge on any atom is -0.258 e. The molecule has 0 aliphatic heterocycles. The molecule has 5 nitrogen and oxygen atoms in total. The van der Waals surface area contributed by atoms with Crippen molar-refractivity contribution >= 4 is 5.69 Å². The van der Waals surface area contributed by atoms with E-state index < -0.39 is 33.8 Å². The molecule has 0 atom stereocenters. The molecule has 92 valence electrons. The van der Waals surface area contributed by atoms with E-state index in [1.165, 1.54) is 12.1 Å². The predicted molar refractivity (Wildman–Crippen MR) is 52.1 cm³/mol. The van der Waals surface area contributed by atoms with Crippen LogP contribution in [0.25, 0.3) is 0 Å². The van der Waals surface area contributed by atoms with Gasteiger partial charge in [0.15, 0.2) is 5.92 Å². The van der Waals surface area contributed by atoms with Crippen LogP contribution in [-0.4, -0.2) is 4.92 Å². The molecule has 0 saturated heterocycles. The first kappa shape index (κ1) is 13.5. The number of nitrogens with zero attached hydrogens (tertiary/aromatic N) is 3. The van der Waals surface area contributed by atoms with Gasteiger partial charge in [-0.25, -0.2) is 0 Å². The van der Waals surface area contributed by atoms with Gasteiger partial charge in [-0.15, -0.1) is 0 Å². The summed E-state index contributed by atoms with van der Waals surface area (Å²) in [5.41, 5.74) is -2.68. The minimum atomic E-state index is -4.87. The highest BCUT2D eigenvalue weighted by Crippen LogP contribution is 2.37. The van der Waals surface area contributed by atoms with E-state index in [0.29, 0.717) is 6.07 Å². The van der Waals surface area contributed by atoms with Gasteiger partial charge in [0.2, 0.25) is 0 Å². The zero-order valence-corrected chi connectivity index (χ0v) is 8.60. The number of rotatable bonds is 2. The number of halogens is 3. The van der Waals surface area contributed by atoms with Crippen molar-refractivity contribution in [2.75, 3.05) is 0 Å². The zero-order chi connectivity index (χ0) is 13.9. The van der Waals surface area contributed by atoms with E-state index in [1.807, 2.05) is 0 Å². The third kappa shape index (κ3) is 2.55. The number of nitriles is 2. The van der Waals surface area contributed by atoms with Gasteiger partial charge in [0.25, 0.3) is 5.69 Å². The lowest BCUT2D eigenvalue weighted by Crippen LogP contribution is -2.11. The number of non-ortho nitro benzene ring substituents is 1. The molecule has 0 aliphatic rings. The van der Waals surface area contributed by atoms with Gasteiger partial charge in [0, 0.05) is 12.1 Å². The van der Waals surface area contributed by atoms with Gasteiger partial charge in [-0.2, -0.15) is 23.7 Å². The Bertz CT molecular complexity index is 555. The molecule has 0 bridgehead atoms. The van der Waals surface area contributed by atoms with Crippen LogP contribution < -0.4 is 0 Å². The van der Waals surface area contributed by atoms with E-state index in [1.54, 1.807) is 0 Å². The van der Waals surface area contributed by atoms with Crippen LogP contribution >= 0.6 is 0 Å². The lowest BCUT2D eigenvalue weighted by Gasteiger charge is -2.12. The Hall–Kier alpha value is -2.61. The molecule has 1 aromatic rings. The van der Waals surface area contributed by atoms with Crippen molar-refractivity contribution < 1.29 is 18.1 Å². The zero-order valence-electron chi connectivity index (χ0n) is 8.60.